The lowest BCUT2D eigenvalue weighted by atomic mass is 10.0. The summed E-state index contributed by atoms with van der Waals surface area (Å²) >= 11 is 0. The maximum Gasteiger partial charge on any atom is 0.142 e. The zero-order chi connectivity index (χ0) is 18.5. The van der Waals surface area contributed by atoms with E-state index in [4.69, 9.17) is 9.47 Å². The van der Waals surface area contributed by atoms with Crippen LogP contribution >= 0.6 is 0 Å². The Balaban J connectivity index is 1.32. The van der Waals surface area contributed by atoms with Gasteiger partial charge in [-0.25, -0.2) is 0 Å². The van der Waals surface area contributed by atoms with Crippen LogP contribution in [0.15, 0.2) is 48.5 Å². The van der Waals surface area contributed by atoms with Gasteiger partial charge in [-0.3, -0.25) is 4.90 Å². The topological polar surface area (TPSA) is 24.9 Å². The third-order valence-corrected chi connectivity index (χ3v) is 5.66. The van der Waals surface area contributed by atoms with E-state index in [0.717, 1.165) is 44.2 Å². The summed E-state index contributed by atoms with van der Waals surface area (Å²) in [5.41, 5.74) is 2.53. The van der Waals surface area contributed by atoms with Crippen LogP contribution < -0.4 is 14.4 Å². The van der Waals surface area contributed by atoms with Crippen molar-refractivity contribution in [2.75, 3.05) is 44.3 Å². The maximum atomic E-state index is 5.99. The van der Waals surface area contributed by atoms with E-state index in [1.165, 1.54) is 37.2 Å². The fourth-order valence-electron chi connectivity index (χ4n) is 4.18. The number of hydrogen-bond donors (Lipinski definition) is 0. The molecule has 0 aromatic heterocycles. The van der Waals surface area contributed by atoms with Gasteiger partial charge in [-0.15, -0.1) is 0 Å². The summed E-state index contributed by atoms with van der Waals surface area (Å²) in [5.74, 6) is 1.97. The SMILES string of the molecule is CCN1c2ccccc2OC[C@@H]1Cc1ccc(OCCN2CCCC2)cc1. The first-order valence-corrected chi connectivity index (χ1v) is 10.3. The third-order valence-electron chi connectivity index (χ3n) is 5.66. The molecule has 144 valence electrons. The largest absolute Gasteiger partial charge is 0.492 e. The number of ether oxygens (including phenoxy) is 2. The minimum Gasteiger partial charge on any atom is -0.492 e. The van der Waals surface area contributed by atoms with Crippen LogP contribution in [0.2, 0.25) is 0 Å². The monoisotopic (exact) mass is 366 g/mol. The van der Waals surface area contributed by atoms with E-state index in [1.807, 2.05) is 6.07 Å². The van der Waals surface area contributed by atoms with Crippen molar-refractivity contribution in [3.63, 3.8) is 0 Å². The Hall–Kier alpha value is -2.20. The molecule has 0 aliphatic carbocycles. The van der Waals surface area contributed by atoms with E-state index in [9.17, 15) is 0 Å². The van der Waals surface area contributed by atoms with E-state index < -0.39 is 0 Å². The zero-order valence-corrected chi connectivity index (χ0v) is 16.3. The minimum atomic E-state index is 0.367. The number of likely N-dealkylation sites (tertiary alicyclic amines) is 1. The van der Waals surface area contributed by atoms with Gasteiger partial charge in [0.15, 0.2) is 0 Å². The molecule has 2 heterocycles. The van der Waals surface area contributed by atoms with Gasteiger partial charge in [0.05, 0.1) is 11.7 Å². The molecule has 0 amide bonds. The van der Waals surface area contributed by atoms with E-state index in [2.05, 4.69) is 59.2 Å². The fourth-order valence-corrected chi connectivity index (χ4v) is 4.18. The quantitative estimate of drug-likeness (QED) is 0.740. The standard InChI is InChI=1S/C23H30N2O2/c1-2-25-20(18-27-23-8-4-3-7-22(23)25)17-19-9-11-21(12-10-19)26-16-15-24-13-5-6-14-24/h3-4,7-12,20H,2,5-6,13-18H2,1H3/t20-/m0/s1. The molecule has 4 nitrogen and oxygen atoms in total. The number of fused-ring (bicyclic) bond motifs is 1. The summed E-state index contributed by atoms with van der Waals surface area (Å²) < 4.78 is 11.9. The zero-order valence-electron chi connectivity index (χ0n) is 16.3. The van der Waals surface area contributed by atoms with Crippen LogP contribution in [0, 0.1) is 0 Å². The third kappa shape index (κ3) is 4.38. The van der Waals surface area contributed by atoms with Crippen LogP contribution in [0.3, 0.4) is 0 Å². The summed E-state index contributed by atoms with van der Waals surface area (Å²) in [7, 11) is 0. The molecule has 27 heavy (non-hydrogen) atoms. The van der Waals surface area contributed by atoms with Crippen molar-refractivity contribution in [1.82, 2.24) is 4.90 Å². The Morgan fingerprint density at radius 1 is 1.04 bits per heavy atom. The molecule has 0 bridgehead atoms. The highest BCUT2D eigenvalue weighted by atomic mass is 16.5. The lowest BCUT2D eigenvalue weighted by Crippen LogP contribution is -2.44. The summed E-state index contributed by atoms with van der Waals surface area (Å²) in [6.07, 6.45) is 3.65. The van der Waals surface area contributed by atoms with Gasteiger partial charge in [0.1, 0.15) is 24.7 Å². The van der Waals surface area contributed by atoms with Crippen molar-refractivity contribution < 1.29 is 9.47 Å². The molecule has 0 saturated carbocycles. The van der Waals surface area contributed by atoms with Crippen LogP contribution in [0.1, 0.15) is 25.3 Å². The first kappa shape index (κ1) is 18.2. The highest BCUT2D eigenvalue weighted by Crippen LogP contribution is 2.34. The van der Waals surface area contributed by atoms with Gasteiger partial charge >= 0.3 is 0 Å². The predicted octanol–water partition coefficient (Wildman–Crippen LogP) is 3.99. The highest BCUT2D eigenvalue weighted by Gasteiger charge is 2.26. The number of benzene rings is 2. The Morgan fingerprint density at radius 3 is 2.59 bits per heavy atom. The van der Waals surface area contributed by atoms with Crippen molar-refractivity contribution >= 4 is 5.69 Å². The lowest BCUT2D eigenvalue weighted by molar-refractivity contribution is 0.237. The molecule has 2 aliphatic heterocycles. The van der Waals surface area contributed by atoms with Crippen LogP contribution in [0.4, 0.5) is 5.69 Å². The molecular formula is C23H30N2O2. The second-order valence-electron chi connectivity index (χ2n) is 7.46. The molecule has 2 aromatic carbocycles. The van der Waals surface area contributed by atoms with Gasteiger partial charge in [-0.05, 0) is 69.1 Å². The minimum absolute atomic E-state index is 0.367. The van der Waals surface area contributed by atoms with Gasteiger partial charge in [0.25, 0.3) is 0 Å². The molecule has 4 heteroatoms. The van der Waals surface area contributed by atoms with Crippen molar-refractivity contribution in [1.29, 1.82) is 0 Å². The predicted molar refractivity (Wildman–Crippen MR) is 110 cm³/mol. The van der Waals surface area contributed by atoms with Crippen molar-refractivity contribution in [3.05, 3.63) is 54.1 Å². The van der Waals surface area contributed by atoms with Crippen LogP contribution in [0.5, 0.6) is 11.5 Å². The molecule has 0 radical (unpaired) electrons. The first-order chi connectivity index (χ1) is 13.3. The lowest BCUT2D eigenvalue weighted by Gasteiger charge is -2.38. The maximum absolute atomic E-state index is 5.99. The number of para-hydroxylation sites is 2. The molecule has 1 saturated heterocycles. The van der Waals surface area contributed by atoms with Crippen LogP contribution in [0.25, 0.3) is 0 Å². The van der Waals surface area contributed by atoms with Gasteiger partial charge < -0.3 is 14.4 Å². The van der Waals surface area contributed by atoms with Gasteiger partial charge in [0.2, 0.25) is 0 Å². The van der Waals surface area contributed by atoms with Gasteiger partial charge in [-0.1, -0.05) is 24.3 Å². The van der Waals surface area contributed by atoms with E-state index in [0.29, 0.717) is 6.04 Å². The van der Waals surface area contributed by atoms with Crippen LogP contribution in [-0.4, -0.2) is 50.3 Å². The second-order valence-corrected chi connectivity index (χ2v) is 7.46. The second kappa shape index (κ2) is 8.66. The molecule has 2 aromatic rings. The molecular weight excluding hydrogens is 336 g/mol. The molecule has 2 aliphatic rings. The van der Waals surface area contributed by atoms with Crippen molar-refractivity contribution in [2.24, 2.45) is 0 Å². The summed E-state index contributed by atoms with van der Waals surface area (Å²) in [4.78, 5) is 4.94. The number of anilines is 1. The van der Waals surface area contributed by atoms with Gasteiger partial charge in [-0.2, -0.15) is 0 Å². The average molecular weight is 367 g/mol. The van der Waals surface area contributed by atoms with E-state index >= 15 is 0 Å². The van der Waals surface area contributed by atoms with Gasteiger partial charge in [0, 0.05) is 13.1 Å². The summed E-state index contributed by atoms with van der Waals surface area (Å²) in [6, 6.07) is 17.3. The van der Waals surface area contributed by atoms with E-state index in [1.54, 1.807) is 0 Å². The molecule has 0 N–H and O–H groups in total. The fraction of sp³-hybridized carbons (Fsp3) is 0.478. The Morgan fingerprint density at radius 2 is 1.81 bits per heavy atom. The van der Waals surface area contributed by atoms with Crippen molar-refractivity contribution in [3.8, 4) is 11.5 Å². The molecule has 4 rings (SSSR count). The Labute approximate surface area is 162 Å². The van der Waals surface area contributed by atoms with Crippen LogP contribution in [-0.2, 0) is 6.42 Å². The molecule has 1 fully saturated rings. The average Bonchev–Trinajstić information content (AvgIpc) is 3.23. The molecule has 0 unspecified atom stereocenters. The number of rotatable bonds is 7. The Kier molecular flexibility index (Phi) is 5.83. The smallest absolute Gasteiger partial charge is 0.142 e. The van der Waals surface area contributed by atoms with Crippen molar-refractivity contribution in [2.45, 2.75) is 32.2 Å². The number of hydrogen-bond acceptors (Lipinski definition) is 4. The Bertz CT molecular complexity index is 725. The van der Waals surface area contributed by atoms with E-state index in [-0.39, 0.29) is 0 Å². The summed E-state index contributed by atoms with van der Waals surface area (Å²) in [5, 5.41) is 0. The summed E-state index contributed by atoms with van der Waals surface area (Å²) in [6.45, 7) is 8.20. The molecule has 1 atom stereocenters. The number of nitrogens with zero attached hydrogens (tertiary/aromatic N) is 2. The first-order valence-electron chi connectivity index (χ1n) is 10.3. The molecule has 0 spiro atoms. The number of likely N-dealkylation sites (N-methyl/N-ethyl adjacent to an activating group) is 1. The highest BCUT2D eigenvalue weighted by molar-refractivity contribution is 5.60. The normalized spacial score (nSPS) is 19.6.